The fraction of sp³-hybridized carbons (Fsp3) is 0.294. The maximum absolute atomic E-state index is 12.9. The topological polar surface area (TPSA) is 3.24 Å². The first-order valence-corrected chi connectivity index (χ1v) is 6.76. The first kappa shape index (κ1) is 12.4. The molecule has 0 saturated heterocycles. The van der Waals surface area contributed by atoms with E-state index >= 15 is 0 Å². The number of aryl methyl sites for hydroxylation is 1. The molecule has 0 saturated carbocycles. The Morgan fingerprint density at radius 2 is 1.84 bits per heavy atom. The second kappa shape index (κ2) is 5.14. The second-order valence-electron chi connectivity index (χ2n) is 5.29. The van der Waals surface area contributed by atoms with Crippen LogP contribution in [0.5, 0.6) is 0 Å². The van der Waals surface area contributed by atoms with Gasteiger partial charge in [0.05, 0.1) is 0 Å². The molecule has 1 aliphatic rings. The average molecular weight is 255 g/mol. The van der Waals surface area contributed by atoms with E-state index in [2.05, 4.69) is 36.2 Å². The largest absolute Gasteiger partial charge is 0.295 e. The van der Waals surface area contributed by atoms with Gasteiger partial charge in [0.25, 0.3) is 0 Å². The Morgan fingerprint density at radius 3 is 2.63 bits per heavy atom. The highest BCUT2D eigenvalue weighted by molar-refractivity contribution is 5.34. The van der Waals surface area contributed by atoms with Gasteiger partial charge in [0.2, 0.25) is 0 Å². The van der Waals surface area contributed by atoms with Crippen molar-refractivity contribution in [1.29, 1.82) is 0 Å². The van der Waals surface area contributed by atoms with Crippen LogP contribution in [0.2, 0.25) is 0 Å². The van der Waals surface area contributed by atoms with Gasteiger partial charge in [-0.05, 0) is 48.7 Å². The summed E-state index contributed by atoms with van der Waals surface area (Å²) in [4.78, 5) is 2.36. The van der Waals surface area contributed by atoms with Gasteiger partial charge in [-0.15, -0.1) is 0 Å². The van der Waals surface area contributed by atoms with E-state index in [4.69, 9.17) is 0 Å². The molecule has 1 aliphatic carbocycles. The quantitative estimate of drug-likeness (QED) is 0.803. The Bertz CT molecular complexity index is 562. The molecule has 0 heterocycles. The Morgan fingerprint density at radius 1 is 1.11 bits per heavy atom. The standard InChI is InChI=1S/C17H18FN/c1-19(12-13-6-9-15(18)10-7-13)17-11-8-14-4-2-3-5-16(14)17/h2-7,9-10,17H,8,11-12H2,1H3. The van der Waals surface area contributed by atoms with Gasteiger partial charge in [-0.25, -0.2) is 4.39 Å². The van der Waals surface area contributed by atoms with E-state index in [1.54, 1.807) is 0 Å². The summed E-state index contributed by atoms with van der Waals surface area (Å²) in [6.07, 6.45) is 2.34. The van der Waals surface area contributed by atoms with Gasteiger partial charge in [0.1, 0.15) is 5.82 Å². The van der Waals surface area contributed by atoms with Crippen molar-refractivity contribution in [2.75, 3.05) is 7.05 Å². The third kappa shape index (κ3) is 2.54. The number of halogens is 1. The van der Waals surface area contributed by atoms with E-state index in [0.717, 1.165) is 18.5 Å². The molecule has 2 aromatic rings. The first-order valence-electron chi connectivity index (χ1n) is 6.76. The summed E-state index contributed by atoms with van der Waals surface area (Å²) in [5, 5.41) is 0. The minimum atomic E-state index is -0.169. The lowest BCUT2D eigenvalue weighted by Crippen LogP contribution is -2.22. The highest BCUT2D eigenvalue weighted by Gasteiger charge is 2.25. The van der Waals surface area contributed by atoms with Crippen LogP contribution in [0.3, 0.4) is 0 Å². The normalized spacial score (nSPS) is 17.7. The maximum Gasteiger partial charge on any atom is 0.123 e. The zero-order valence-corrected chi connectivity index (χ0v) is 11.1. The molecule has 0 radical (unpaired) electrons. The maximum atomic E-state index is 12.9. The lowest BCUT2D eigenvalue weighted by Gasteiger charge is -2.25. The number of benzene rings is 2. The molecule has 1 atom stereocenters. The van der Waals surface area contributed by atoms with Crippen molar-refractivity contribution in [2.45, 2.75) is 25.4 Å². The second-order valence-corrected chi connectivity index (χ2v) is 5.29. The van der Waals surface area contributed by atoms with Crippen molar-refractivity contribution in [1.82, 2.24) is 4.90 Å². The minimum Gasteiger partial charge on any atom is -0.295 e. The summed E-state index contributed by atoms with van der Waals surface area (Å²) in [5.41, 5.74) is 4.08. The highest BCUT2D eigenvalue weighted by Crippen LogP contribution is 2.35. The molecule has 1 nitrogen and oxygen atoms in total. The smallest absolute Gasteiger partial charge is 0.123 e. The van der Waals surface area contributed by atoms with Crippen LogP contribution in [0.25, 0.3) is 0 Å². The summed E-state index contributed by atoms with van der Waals surface area (Å²) >= 11 is 0. The van der Waals surface area contributed by atoms with Crippen LogP contribution >= 0.6 is 0 Å². The summed E-state index contributed by atoms with van der Waals surface area (Å²) < 4.78 is 12.9. The summed E-state index contributed by atoms with van der Waals surface area (Å²) in [7, 11) is 2.15. The predicted molar refractivity (Wildman–Crippen MR) is 75.4 cm³/mol. The lowest BCUT2D eigenvalue weighted by molar-refractivity contribution is 0.236. The molecule has 98 valence electrons. The van der Waals surface area contributed by atoms with E-state index in [1.807, 2.05) is 12.1 Å². The van der Waals surface area contributed by atoms with Crippen molar-refractivity contribution < 1.29 is 4.39 Å². The fourth-order valence-corrected chi connectivity index (χ4v) is 2.98. The van der Waals surface area contributed by atoms with Gasteiger partial charge in [-0.2, -0.15) is 0 Å². The van der Waals surface area contributed by atoms with Crippen molar-refractivity contribution in [3.63, 3.8) is 0 Å². The molecular weight excluding hydrogens is 237 g/mol. The molecule has 0 aromatic heterocycles. The molecule has 0 spiro atoms. The highest BCUT2D eigenvalue weighted by atomic mass is 19.1. The average Bonchev–Trinajstić information content (AvgIpc) is 2.85. The molecule has 3 rings (SSSR count). The van der Waals surface area contributed by atoms with Gasteiger partial charge in [-0.3, -0.25) is 4.90 Å². The molecule has 1 unspecified atom stereocenters. The zero-order chi connectivity index (χ0) is 13.2. The van der Waals surface area contributed by atoms with Crippen LogP contribution in [0, 0.1) is 5.82 Å². The number of hydrogen-bond acceptors (Lipinski definition) is 1. The van der Waals surface area contributed by atoms with Crippen LogP contribution in [-0.2, 0) is 13.0 Å². The summed E-state index contributed by atoms with van der Waals surface area (Å²) in [6, 6.07) is 16.0. The van der Waals surface area contributed by atoms with E-state index < -0.39 is 0 Å². The Balaban J connectivity index is 1.75. The number of hydrogen-bond donors (Lipinski definition) is 0. The van der Waals surface area contributed by atoms with Crippen molar-refractivity contribution in [2.24, 2.45) is 0 Å². The minimum absolute atomic E-state index is 0.169. The van der Waals surface area contributed by atoms with Crippen LogP contribution in [0.4, 0.5) is 4.39 Å². The Kier molecular flexibility index (Phi) is 3.34. The van der Waals surface area contributed by atoms with Gasteiger partial charge in [-0.1, -0.05) is 36.4 Å². The third-order valence-corrected chi connectivity index (χ3v) is 3.98. The monoisotopic (exact) mass is 255 g/mol. The summed E-state index contributed by atoms with van der Waals surface area (Å²) in [6.45, 7) is 0.860. The molecular formula is C17H18FN. The van der Waals surface area contributed by atoms with Crippen molar-refractivity contribution >= 4 is 0 Å². The van der Waals surface area contributed by atoms with E-state index in [1.165, 1.54) is 29.7 Å². The third-order valence-electron chi connectivity index (χ3n) is 3.98. The number of rotatable bonds is 3. The van der Waals surface area contributed by atoms with Crippen molar-refractivity contribution in [3.05, 3.63) is 71.0 Å². The summed E-state index contributed by atoms with van der Waals surface area (Å²) in [5.74, 6) is -0.169. The molecule has 19 heavy (non-hydrogen) atoms. The van der Waals surface area contributed by atoms with Gasteiger partial charge in [0.15, 0.2) is 0 Å². The Hall–Kier alpha value is -1.67. The van der Waals surface area contributed by atoms with Crippen LogP contribution in [-0.4, -0.2) is 11.9 Å². The van der Waals surface area contributed by atoms with Gasteiger partial charge < -0.3 is 0 Å². The lowest BCUT2D eigenvalue weighted by atomic mass is 10.1. The molecule has 2 aromatic carbocycles. The SMILES string of the molecule is CN(Cc1ccc(F)cc1)C1CCc2ccccc21. The van der Waals surface area contributed by atoms with E-state index in [-0.39, 0.29) is 5.82 Å². The van der Waals surface area contributed by atoms with Crippen LogP contribution < -0.4 is 0 Å². The molecule has 0 bridgehead atoms. The molecule has 2 heteroatoms. The number of fused-ring (bicyclic) bond motifs is 1. The zero-order valence-electron chi connectivity index (χ0n) is 11.1. The molecule has 0 aliphatic heterocycles. The van der Waals surface area contributed by atoms with Crippen LogP contribution in [0.15, 0.2) is 48.5 Å². The molecule has 0 amide bonds. The van der Waals surface area contributed by atoms with E-state index in [0.29, 0.717) is 6.04 Å². The van der Waals surface area contributed by atoms with E-state index in [9.17, 15) is 4.39 Å². The number of nitrogens with zero attached hydrogens (tertiary/aromatic N) is 1. The molecule has 0 N–H and O–H groups in total. The predicted octanol–water partition coefficient (Wildman–Crippen LogP) is 3.95. The molecule has 0 fully saturated rings. The van der Waals surface area contributed by atoms with Gasteiger partial charge >= 0.3 is 0 Å². The van der Waals surface area contributed by atoms with Gasteiger partial charge in [0, 0.05) is 12.6 Å². The first-order chi connectivity index (χ1) is 9.24. The Labute approximate surface area is 113 Å². The van der Waals surface area contributed by atoms with Crippen molar-refractivity contribution in [3.8, 4) is 0 Å². The van der Waals surface area contributed by atoms with Crippen LogP contribution in [0.1, 0.15) is 29.2 Å². The fourth-order valence-electron chi connectivity index (χ4n) is 2.98.